The van der Waals surface area contributed by atoms with E-state index in [1.165, 1.54) is 20.5 Å². The second kappa shape index (κ2) is 7.75. The zero-order chi connectivity index (χ0) is 21.5. The topological polar surface area (TPSA) is 82.9 Å². The van der Waals surface area contributed by atoms with Crippen molar-refractivity contribution in [2.75, 3.05) is 0 Å². The van der Waals surface area contributed by atoms with Gasteiger partial charge >= 0.3 is 5.69 Å². The summed E-state index contributed by atoms with van der Waals surface area (Å²) >= 11 is 4.70. The Labute approximate surface area is 188 Å². The van der Waals surface area contributed by atoms with Crippen LogP contribution in [-0.2, 0) is 6.54 Å². The molecule has 0 N–H and O–H groups in total. The van der Waals surface area contributed by atoms with Crippen LogP contribution in [-0.4, -0.2) is 19.3 Å². The van der Waals surface area contributed by atoms with Gasteiger partial charge in [0.25, 0.3) is 5.56 Å². The summed E-state index contributed by atoms with van der Waals surface area (Å²) < 4.78 is 9.57. The van der Waals surface area contributed by atoms with E-state index in [-0.39, 0.29) is 18.0 Å². The molecule has 0 unspecified atom stereocenters. The number of nitrogens with zero attached hydrogens (tertiary/aromatic N) is 4. The molecule has 0 aliphatic carbocycles. The highest BCUT2D eigenvalue weighted by atomic mass is 79.9. The lowest BCUT2D eigenvalue weighted by Gasteiger charge is -2.12. The summed E-state index contributed by atoms with van der Waals surface area (Å²) in [6.45, 7) is 1.93. The monoisotopic (exact) mass is 494 g/mol. The zero-order valence-corrected chi connectivity index (χ0v) is 18.7. The minimum Gasteiger partial charge on any atom is -0.337 e. The number of hydrogen-bond acceptors (Lipinski definition) is 6. The van der Waals surface area contributed by atoms with Crippen LogP contribution < -0.4 is 11.2 Å². The maximum absolute atomic E-state index is 13.4. The molecule has 154 valence electrons. The Hall–Kier alpha value is -3.30. The minimum absolute atomic E-state index is 0.0573. The number of para-hydroxylation sites is 1. The summed E-state index contributed by atoms with van der Waals surface area (Å²) in [5, 5.41) is 5.84. The van der Waals surface area contributed by atoms with Crippen LogP contribution in [0.5, 0.6) is 0 Å². The molecule has 3 heterocycles. The Kier molecular flexibility index (Phi) is 4.91. The predicted octanol–water partition coefficient (Wildman–Crippen LogP) is 4.38. The summed E-state index contributed by atoms with van der Waals surface area (Å²) in [5.41, 5.74) is 1.96. The molecule has 0 aliphatic rings. The van der Waals surface area contributed by atoms with Crippen LogP contribution in [0, 0.1) is 6.92 Å². The maximum atomic E-state index is 13.4. The van der Waals surface area contributed by atoms with Gasteiger partial charge in [-0.1, -0.05) is 39.3 Å². The molecule has 0 amide bonds. The fourth-order valence-corrected chi connectivity index (χ4v) is 4.53. The van der Waals surface area contributed by atoms with Crippen molar-refractivity contribution in [3.05, 3.63) is 96.7 Å². The van der Waals surface area contributed by atoms with Crippen molar-refractivity contribution in [1.82, 2.24) is 19.3 Å². The molecule has 0 saturated carbocycles. The standard InChI is InChI=1S/C22H15BrN4O3S/c1-13-4-2-3-5-16(13)27-21(28)19-17(10-11-31-19)26(22(27)29)12-18-24-20(25-30-18)14-6-8-15(23)9-7-14/h2-11H,12H2,1H3. The van der Waals surface area contributed by atoms with Gasteiger partial charge in [0.15, 0.2) is 0 Å². The zero-order valence-electron chi connectivity index (χ0n) is 16.3. The lowest BCUT2D eigenvalue weighted by Crippen LogP contribution is -2.39. The van der Waals surface area contributed by atoms with Crippen molar-refractivity contribution < 1.29 is 4.52 Å². The van der Waals surface area contributed by atoms with E-state index in [9.17, 15) is 9.59 Å². The molecule has 0 saturated heterocycles. The lowest BCUT2D eigenvalue weighted by atomic mass is 10.2. The van der Waals surface area contributed by atoms with Crippen LogP contribution in [0.3, 0.4) is 0 Å². The Morgan fingerprint density at radius 3 is 2.61 bits per heavy atom. The molecule has 9 heteroatoms. The van der Waals surface area contributed by atoms with E-state index < -0.39 is 5.69 Å². The quantitative estimate of drug-likeness (QED) is 0.370. The molecule has 0 spiro atoms. The van der Waals surface area contributed by atoms with Gasteiger partial charge in [0, 0.05) is 10.0 Å². The van der Waals surface area contributed by atoms with Gasteiger partial charge in [-0.15, -0.1) is 11.3 Å². The molecular formula is C22H15BrN4O3S. The lowest BCUT2D eigenvalue weighted by molar-refractivity contribution is 0.370. The van der Waals surface area contributed by atoms with Crippen molar-refractivity contribution >= 4 is 37.5 Å². The maximum Gasteiger partial charge on any atom is 0.336 e. The molecule has 0 aliphatic heterocycles. The van der Waals surface area contributed by atoms with E-state index in [0.717, 1.165) is 15.6 Å². The number of aryl methyl sites for hydroxylation is 1. The third kappa shape index (κ3) is 3.45. The van der Waals surface area contributed by atoms with Gasteiger partial charge in [-0.3, -0.25) is 9.36 Å². The number of hydrogen-bond donors (Lipinski definition) is 0. The molecule has 0 atom stereocenters. The smallest absolute Gasteiger partial charge is 0.336 e. The number of halogens is 1. The SMILES string of the molecule is Cc1ccccc1-n1c(=O)c2sccc2n(Cc2nc(-c3ccc(Br)cc3)no2)c1=O. The predicted molar refractivity (Wildman–Crippen MR) is 123 cm³/mol. The first-order valence-electron chi connectivity index (χ1n) is 9.40. The van der Waals surface area contributed by atoms with E-state index in [4.69, 9.17) is 4.52 Å². The Morgan fingerprint density at radius 1 is 1.06 bits per heavy atom. The second-order valence-electron chi connectivity index (χ2n) is 6.95. The van der Waals surface area contributed by atoms with Crippen molar-refractivity contribution in [1.29, 1.82) is 0 Å². The largest absolute Gasteiger partial charge is 0.337 e. The second-order valence-corrected chi connectivity index (χ2v) is 8.78. The van der Waals surface area contributed by atoms with Gasteiger partial charge in [0.05, 0.1) is 11.2 Å². The number of benzene rings is 2. The molecular weight excluding hydrogens is 480 g/mol. The molecule has 0 bridgehead atoms. The first kappa shape index (κ1) is 19.7. The van der Waals surface area contributed by atoms with Crippen LogP contribution in [0.15, 0.2) is 78.6 Å². The highest BCUT2D eigenvalue weighted by Crippen LogP contribution is 2.21. The van der Waals surface area contributed by atoms with Gasteiger partial charge in [-0.2, -0.15) is 4.98 Å². The van der Waals surface area contributed by atoms with Crippen LogP contribution in [0.4, 0.5) is 0 Å². The minimum atomic E-state index is -0.450. The number of aromatic nitrogens is 4. The summed E-state index contributed by atoms with van der Waals surface area (Å²) in [4.78, 5) is 30.9. The Morgan fingerprint density at radius 2 is 1.84 bits per heavy atom. The Bertz CT molecular complexity index is 1530. The summed E-state index contributed by atoms with van der Waals surface area (Å²) in [5.74, 6) is 0.715. The van der Waals surface area contributed by atoms with E-state index in [1.54, 1.807) is 23.6 Å². The fourth-order valence-electron chi connectivity index (χ4n) is 3.44. The molecule has 5 aromatic rings. The number of fused-ring (bicyclic) bond motifs is 1. The summed E-state index contributed by atoms with van der Waals surface area (Å²) in [6.07, 6.45) is 0. The normalized spacial score (nSPS) is 11.3. The van der Waals surface area contributed by atoms with Crippen molar-refractivity contribution in [3.63, 3.8) is 0 Å². The molecule has 7 nitrogen and oxygen atoms in total. The van der Waals surface area contributed by atoms with Gasteiger partial charge in [-0.25, -0.2) is 9.36 Å². The van der Waals surface area contributed by atoms with E-state index >= 15 is 0 Å². The van der Waals surface area contributed by atoms with E-state index in [1.807, 2.05) is 43.3 Å². The van der Waals surface area contributed by atoms with Gasteiger partial charge in [0.2, 0.25) is 11.7 Å². The fraction of sp³-hybridized carbons (Fsp3) is 0.0909. The average molecular weight is 495 g/mol. The molecule has 2 aromatic carbocycles. The van der Waals surface area contributed by atoms with Crippen LogP contribution in [0.1, 0.15) is 11.5 Å². The van der Waals surface area contributed by atoms with E-state index in [0.29, 0.717) is 21.7 Å². The third-order valence-electron chi connectivity index (χ3n) is 4.98. The highest BCUT2D eigenvalue weighted by molar-refractivity contribution is 9.10. The first-order chi connectivity index (χ1) is 15.0. The molecule has 31 heavy (non-hydrogen) atoms. The average Bonchev–Trinajstić information content (AvgIpc) is 3.43. The number of thiophene rings is 1. The van der Waals surface area contributed by atoms with Gasteiger partial charge < -0.3 is 4.52 Å². The molecule has 0 fully saturated rings. The third-order valence-corrected chi connectivity index (χ3v) is 6.40. The van der Waals surface area contributed by atoms with Crippen molar-refractivity contribution in [2.45, 2.75) is 13.5 Å². The van der Waals surface area contributed by atoms with Gasteiger partial charge in [0.1, 0.15) is 11.2 Å². The van der Waals surface area contributed by atoms with Crippen LogP contribution >= 0.6 is 27.3 Å². The van der Waals surface area contributed by atoms with Crippen molar-refractivity contribution in [2.24, 2.45) is 0 Å². The van der Waals surface area contributed by atoms with Gasteiger partial charge in [-0.05, 0) is 54.3 Å². The number of rotatable bonds is 4. The van der Waals surface area contributed by atoms with E-state index in [2.05, 4.69) is 26.1 Å². The molecule has 0 radical (unpaired) electrons. The van der Waals surface area contributed by atoms with Crippen molar-refractivity contribution in [3.8, 4) is 17.1 Å². The van der Waals surface area contributed by atoms with Crippen LogP contribution in [0.2, 0.25) is 0 Å². The summed E-state index contributed by atoms with van der Waals surface area (Å²) in [7, 11) is 0. The molecule has 5 rings (SSSR count). The first-order valence-corrected chi connectivity index (χ1v) is 11.1. The van der Waals surface area contributed by atoms with Crippen LogP contribution in [0.25, 0.3) is 27.3 Å². The Balaban J connectivity index is 1.64. The molecule has 3 aromatic heterocycles. The summed E-state index contributed by atoms with van der Waals surface area (Å²) in [6, 6.07) is 16.6. The highest BCUT2D eigenvalue weighted by Gasteiger charge is 2.19.